The van der Waals surface area contributed by atoms with Crippen LogP contribution in [0.25, 0.3) is 21.6 Å². The highest BCUT2D eigenvalue weighted by molar-refractivity contribution is 7.19. The van der Waals surface area contributed by atoms with Crippen LogP contribution in [-0.4, -0.2) is 25.8 Å². The van der Waals surface area contributed by atoms with Gasteiger partial charge in [-0.1, -0.05) is 11.3 Å². The quantitative estimate of drug-likeness (QED) is 0.775. The van der Waals surface area contributed by atoms with Crippen LogP contribution in [0.1, 0.15) is 5.56 Å². The largest absolute Gasteiger partial charge is 0.383 e. The van der Waals surface area contributed by atoms with Crippen LogP contribution in [0.2, 0.25) is 0 Å². The molecule has 0 saturated carbocycles. The van der Waals surface area contributed by atoms with Crippen molar-refractivity contribution in [2.24, 2.45) is 4.99 Å². The van der Waals surface area contributed by atoms with E-state index in [4.69, 9.17) is 5.73 Å². The Morgan fingerprint density at radius 3 is 2.83 bits per heavy atom. The summed E-state index contributed by atoms with van der Waals surface area (Å²) in [5.41, 5.74) is 7.56. The Morgan fingerprint density at radius 1 is 1.26 bits per heavy atom. The van der Waals surface area contributed by atoms with Crippen LogP contribution in [0, 0.1) is 0 Å². The summed E-state index contributed by atoms with van der Waals surface area (Å²) in [6, 6.07) is 3.68. The summed E-state index contributed by atoms with van der Waals surface area (Å²) in [5.74, 6) is 0.250. The fourth-order valence-corrected chi connectivity index (χ4v) is 3.08. The molecule has 112 valence electrons. The van der Waals surface area contributed by atoms with Crippen LogP contribution in [0.4, 0.5) is 5.82 Å². The molecule has 0 aliphatic carbocycles. The maximum atomic E-state index is 12.2. The number of allylic oxidation sites excluding steroid dienone is 2. The van der Waals surface area contributed by atoms with Gasteiger partial charge in [-0.25, -0.2) is 0 Å². The smallest absolute Gasteiger partial charge is 0.283 e. The highest BCUT2D eigenvalue weighted by Crippen LogP contribution is 2.26. The molecule has 0 aromatic carbocycles. The molecule has 0 radical (unpaired) electrons. The minimum atomic E-state index is -0.393. The molecular formula is C15H10N6OS. The van der Waals surface area contributed by atoms with Crippen LogP contribution in [-0.2, 0) is 0 Å². The van der Waals surface area contributed by atoms with Crippen molar-refractivity contribution in [3.63, 3.8) is 0 Å². The van der Waals surface area contributed by atoms with Gasteiger partial charge in [0.1, 0.15) is 10.8 Å². The minimum Gasteiger partial charge on any atom is -0.383 e. The molecule has 8 heteroatoms. The summed E-state index contributed by atoms with van der Waals surface area (Å²) >= 11 is 1.30. The first-order valence-corrected chi connectivity index (χ1v) is 7.56. The second kappa shape index (κ2) is 5.25. The Morgan fingerprint density at radius 2 is 2.09 bits per heavy atom. The molecule has 3 aromatic heterocycles. The van der Waals surface area contributed by atoms with Crippen LogP contribution in [0.15, 0.2) is 52.2 Å². The molecule has 0 spiro atoms. The van der Waals surface area contributed by atoms with Crippen molar-refractivity contribution in [2.45, 2.75) is 0 Å². The second-order valence-electron chi connectivity index (χ2n) is 4.76. The van der Waals surface area contributed by atoms with E-state index in [0.717, 1.165) is 10.6 Å². The number of hydrogen-bond acceptors (Lipinski definition) is 7. The maximum Gasteiger partial charge on any atom is 0.283 e. The predicted molar refractivity (Wildman–Crippen MR) is 90.4 cm³/mol. The molecule has 0 saturated heterocycles. The van der Waals surface area contributed by atoms with Gasteiger partial charge in [0, 0.05) is 24.2 Å². The Bertz CT molecular complexity index is 1030. The number of fused-ring (bicyclic) bond motifs is 1. The van der Waals surface area contributed by atoms with E-state index >= 15 is 0 Å². The summed E-state index contributed by atoms with van der Waals surface area (Å²) in [7, 11) is 0. The van der Waals surface area contributed by atoms with Crippen LogP contribution < -0.4 is 11.3 Å². The maximum absolute atomic E-state index is 12.2. The van der Waals surface area contributed by atoms with Crippen LogP contribution in [0.3, 0.4) is 0 Å². The first kappa shape index (κ1) is 13.5. The third kappa shape index (κ3) is 2.34. The van der Waals surface area contributed by atoms with Crippen molar-refractivity contribution in [3.8, 4) is 10.6 Å². The van der Waals surface area contributed by atoms with Crippen molar-refractivity contribution >= 4 is 34.4 Å². The van der Waals surface area contributed by atoms with E-state index in [2.05, 4.69) is 20.1 Å². The van der Waals surface area contributed by atoms with Crippen LogP contribution in [0.5, 0.6) is 0 Å². The average Bonchev–Trinajstić information content (AvgIpc) is 3.22. The molecule has 3 aromatic rings. The van der Waals surface area contributed by atoms with E-state index in [1.54, 1.807) is 36.8 Å². The Labute approximate surface area is 134 Å². The molecule has 1 aliphatic rings. The SMILES string of the molecule is Nc1c(/C=C2/C=CC=N2)c(=O)nc2sc(-c3ccncc3)nn12. The highest BCUT2D eigenvalue weighted by Gasteiger charge is 2.14. The van der Waals surface area contributed by atoms with E-state index in [1.807, 2.05) is 12.1 Å². The topological polar surface area (TPSA) is 98.5 Å². The van der Waals surface area contributed by atoms with Gasteiger partial charge in [0.05, 0.1) is 11.3 Å². The Hall–Kier alpha value is -3.13. The van der Waals surface area contributed by atoms with Gasteiger partial charge in [-0.2, -0.15) is 14.6 Å². The van der Waals surface area contributed by atoms with E-state index < -0.39 is 5.56 Å². The number of nitrogen functional groups attached to an aromatic ring is 1. The molecular weight excluding hydrogens is 312 g/mol. The summed E-state index contributed by atoms with van der Waals surface area (Å²) in [5, 5.41) is 5.17. The molecule has 4 rings (SSSR count). The van der Waals surface area contributed by atoms with Gasteiger partial charge in [0.2, 0.25) is 4.96 Å². The van der Waals surface area contributed by atoms with Gasteiger partial charge in [-0.15, -0.1) is 0 Å². The van der Waals surface area contributed by atoms with Crippen molar-refractivity contribution in [1.82, 2.24) is 19.6 Å². The average molecular weight is 322 g/mol. The predicted octanol–water partition coefficient (Wildman–Crippen LogP) is 1.78. The minimum absolute atomic E-state index is 0.250. The zero-order chi connectivity index (χ0) is 15.8. The molecule has 0 atom stereocenters. The first-order valence-electron chi connectivity index (χ1n) is 6.74. The van der Waals surface area contributed by atoms with Gasteiger partial charge in [-0.3, -0.25) is 14.8 Å². The number of rotatable bonds is 2. The Balaban J connectivity index is 1.91. The van der Waals surface area contributed by atoms with E-state index in [9.17, 15) is 4.79 Å². The number of nitrogens with two attached hydrogens (primary N) is 1. The van der Waals surface area contributed by atoms with Crippen molar-refractivity contribution in [2.75, 3.05) is 5.73 Å². The normalized spacial score (nSPS) is 15.0. The monoisotopic (exact) mass is 322 g/mol. The molecule has 0 unspecified atom stereocenters. The Kier molecular flexibility index (Phi) is 3.09. The molecule has 7 nitrogen and oxygen atoms in total. The van der Waals surface area contributed by atoms with Gasteiger partial charge in [0.15, 0.2) is 0 Å². The standard InChI is InChI=1S/C15H10N6OS/c16-12-11(8-10-2-1-5-18-10)13(22)19-15-21(12)20-14(23-15)9-3-6-17-7-4-9/h1-8H,16H2/b10-8-. The van der Waals surface area contributed by atoms with Gasteiger partial charge < -0.3 is 5.73 Å². The summed E-state index contributed by atoms with van der Waals surface area (Å²) in [4.78, 5) is 24.8. The summed E-state index contributed by atoms with van der Waals surface area (Å²) in [6.45, 7) is 0. The lowest BCUT2D eigenvalue weighted by Crippen LogP contribution is -2.16. The lowest BCUT2D eigenvalue weighted by atomic mass is 10.2. The molecule has 4 heterocycles. The molecule has 1 aliphatic heterocycles. The zero-order valence-electron chi connectivity index (χ0n) is 11.7. The number of pyridine rings is 1. The summed E-state index contributed by atoms with van der Waals surface area (Å²) in [6.07, 6.45) is 10.2. The molecule has 0 amide bonds. The number of anilines is 1. The highest BCUT2D eigenvalue weighted by atomic mass is 32.1. The fraction of sp³-hybridized carbons (Fsp3) is 0. The van der Waals surface area contributed by atoms with Gasteiger partial charge >= 0.3 is 0 Å². The number of hydrogen-bond donors (Lipinski definition) is 1. The van der Waals surface area contributed by atoms with E-state index in [-0.39, 0.29) is 11.4 Å². The zero-order valence-corrected chi connectivity index (χ0v) is 12.6. The fourth-order valence-electron chi connectivity index (χ4n) is 2.18. The molecule has 23 heavy (non-hydrogen) atoms. The summed E-state index contributed by atoms with van der Waals surface area (Å²) < 4.78 is 1.48. The van der Waals surface area contributed by atoms with Crippen LogP contribution >= 0.6 is 11.3 Å². The number of aromatic nitrogens is 4. The van der Waals surface area contributed by atoms with E-state index in [1.165, 1.54) is 15.9 Å². The van der Waals surface area contributed by atoms with Crippen molar-refractivity contribution in [1.29, 1.82) is 0 Å². The number of nitrogens with zero attached hydrogens (tertiary/aromatic N) is 5. The van der Waals surface area contributed by atoms with Crippen molar-refractivity contribution in [3.05, 3.63) is 58.3 Å². The molecule has 0 bridgehead atoms. The third-order valence-corrected chi connectivity index (χ3v) is 4.25. The third-order valence-electron chi connectivity index (χ3n) is 3.29. The van der Waals surface area contributed by atoms with Crippen molar-refractivity contribution < 1.29 is 0 Å². The first-order chi connectivity index (χ1) is 11.2. The lowest BCUT2D eigenvalue weighted by Gasteiger charge is -2.01. The second-order valence-corrected chi connectivity index (χ2v) is 5.72. The van der Waals surface area contributed by atoms with Gasteiger partial charge in [0.25, 0.3) is 5.56 Å². The molecule has 0 fully saturated rings. The molecule has 2 N–H and O–H groups in total. The van der Waals surface area contributed by atoms with Gasteiger partial charge in [-0.05, 0) is 30.4 Å². The number of aliphatic imine (C=N–C) groups is 1. The van der Waals surface area contributed by atoms with E-state index in [0.29, 0.717) is 10.7 Å². The lowest BCUT2D eigenvalue weighted by molar-refractivity contribution is 0.944.